The van der Waals surface area contributed by atoms with Crippen LogP contribution in [0, 0.1) is 11.8 Å². The minimum absolute atomic E-state index is 0. The molecule has 16 amide bonds. The molecule has 4 atom stereocenters. The van der Waals surface area contributed by atoms with Crippen LogP contribution in [-0.4, -0.2) is 278 Å². The van der Waals surface area contributed by atoms with Gasteiger partial charge in [-0.15, -0.1) is 0 Å². The number of carbonyl (C=O) groups excluding carboxylic acids is 17. The van der Waals surface area contributed by atoms with Crippen LogP contribution in [0.15, 0.2) is 60.8 Å². The Balaban J connectivity index is 0.000000518. The van der Waals surface area contributed by atoms with E-state index in [0.29, 0.717) is 19.4 Å². The summed E-state index contributed by atoms with van der Waals surface area (Å²) in [5.41, 5.74) is 0. The molecule has 0 saturated carbocycles. The molecule has 494 valence electrons. The van der Waals surface area contributed by atoms with E-state index >= 15 is 0 Å². The fourth-order valence-electron chi connectivity index (χ4n) is 9.75. The van der Waals surface area contributed by atoms with Crippen LogP contribution < -0.4 is 108 Å². The Labute approximate surface area is 617 Å². The molecule has 0 bridgehead atoms. The van der Waals surface area contributed by atoms with Gasteiger partial charge in [-0.25, -0.2) is 4.79 Å². The van der Waals surface area contributed by atoms with Crippen LogP contribution in [-0.2, 0) is 105 Å². The number of likely N-dealkylation sites (tertiary alicyclic amines) is 3. The third kappa shape index (κ3) is 22.4. The number of nitrogens with zero attached hydrogens (tertiary/aromatic N) is 8. The molecule has 34 nitrogen and oxygen atoms in total. The van der Waals surface area contributed by atoms with Gasteiger partial charge >= 0.3 is 109 Å². The summed E-state index contributed by atoms with van der Waals surface area (Å²) in [6.07, 6.45) is 8.68. The van der Waals surface area contributed by atoms with Crippen molar-refractivity contribution in [2.45, 2.75) is 82.2 Å². The molecule has 93 heavy (non-hydrogen) atoms. The summed E-state index contributed by atoms with van der Waals surface area (Å²) in [7, 11) is 0. The maximum Gasteiger partial charge on any atom is 1.00 e. The zero-order chi connectivity index (χ0) is 66.5. The Morgan fingerprint density at radius 2 is 0.656 bits per heavy atom. The van der Waals surface area contributed by atoms with E-state index in [1.54, 1.807) is 0 Å². The molecule has 0 radical (unpaired) electrons. The van der Waals surface area contributed by atoms with E-state index in [4.69, 9.17) is 34.3 Å². The molecule has 0 aromatic heterocycles. The normalized spacial score (nSPS) is 21.8. The first-order valence-electron chi connectivity index (χ1n) is 28.8. The van der Waals surface area contributed by atoms with E-state index in [1.165, 1.54) is 24.3 Å². The van der Waals surface area contributed by atoms with Crippen molar-refractivity contribution in [2.24, 2.45) is 11.8 Å². The smallest absolute Gasteiger partial charge is 1.00 e. The van der Waals surface area contributed by atoms with Crippen LogP contribution >= 0.6 is 0 Å². The number of ether oxygens (including phenoxy) is 4. The van der Waals surface area contributed by atoms with Gasteiger partial charge in [0.25, 0.3) is 76.8 Å². The summed E-state index contributed by atoms with van der Waals surface area (Å²) in [5, 5.41) is 34.1. The van der Waals surface area contributed by atoms with Gasteiger partial charge in [0, 0.05) is 132 Å². The topological polar surface area (TPSA) is 446 Å². The third-order valence-corrected chi connectivity index (χ3v) is 14.8. The summed E-state index contributed by atoms with van der Waals surface area (Å²) < 4.78 is 22.4. The number of hydrogen-bond acceptors (Lipinski definition) is 26. The molecule has 0 spiro atoms. The van der Waals surface area contributed by atoms with E-state index < -0.39 is 107 Å². The Hall–Kier alpha value is -5.76. The van der Waals surface area contributed by atoms with E-state index in [2.05, 4.69) is 4.89 Å². The molecule has 0 aromatic carbocycles. The van der Waals surface area contributed by atoms with Crippen molar-refractivity contribution in [3.63, 3.8) is 0 Å². The Morgan fingerprint density at radius 3 is 0.849 bits per heavy atom. The Morgan fingerprint density at radius 1 is 0.419 bits per heavy atom. The number of carbonyl (C=O) groups is 17. The second-order valence-corrected chi connectivity index (χ2v) is 21.1. The fourth-order valence-corrected chi connectivity index (χ4v) is 9.75. The summed E-state index contributed by atoms with van der Waals surface area (Å²) in [4.78, 5) is 215. The molecule has 4 fully saturated rings. The van der Waals surface area contributed by atoms with Crippen molar-refractivity contribution >= 4 is 100 Å². The largest absolute Gasteiger partial charge is 1.00 e. The van der Waals surface area contributed by atoms with Gasteiger partial charge < -0.3 is 45.8 Å². The fraction of sp³-hybridized carbons (Fsp3) is 0.526. The minimum atomic E-state index is -1.21. The maximum absolute atomic E-state index is 13.2. The molecule has 0 aromatic rings. The van der Waals surface area contributed by atoms with Crippen molar-refractivity contribution in [3.8, 4) is 0 Å². The molecule has 9 aliphatic heterocycles. The molecule has 4 saturated heterocycles. The number of amides is 16. The monoisotopic (exact) mass is 1360 g/mol. The van der Waals surface area contributed by atoms with Crippen LogP contribution in [0.1, 0.15) is 59.2 Å². The predicted molar refractivity (Wildman–Crippen MR) is 295 cm³/mol. The van der Waals surface area contributed by atoms with Crippen molar-refractivity contribution in [1.29, 1.82) is 0 Å². The van der Waals surface area contributed by atoms with E-state index in [1.807, 2.05) is 0 Å². The number of hydrogen-bond donors (Lipinski definition) is 3. The number of aliphatic hydroxyl groups is 3. The first kappa shape index (κ1) is 79.7. The van der Waals surface area contributed by atoms with Gasteiger partial charge in [0.2, 0.25) is 17.7 Å². The second-order valence-electron chi connectivity index (χ2n) is 21.1. The van der Waals surface area contributed by atoms with Crippen LogP contribution in [0.3, 0.4) is 0 Å². The average Bonchev–Trinajstić information content (AvgIpc) is 1.74. The molecule has 9 rings (SSSR count). The van der Waals surface area contributed by atoms with Gasteiger partial charge in [-0.1, -0.05) is 0 Å². The third-order valence-electron chi connectivity index (χ3n) is 14.8. The van der Waals surface area contributed by atoms with E-state index in [0.717, 1.165) is 82.1 Å². The van der Waals surface area contributed by atoms with E-state index in [-0.39, 0.29) is 264 Å². The number of aliphatic hydroxyl groups excluding tert-OH is 3. The molecular formula is C57H68K2N8O26. The zero-order valence-corrected chi connectivity index (χ0v) is 57.3. The molecule has 36 heteroatoms. The van der Waals surface area contributed by atoms with Crippen LogP contribution in [0.4, 0.5) is 0 Å². The van der Waals surface area contributed by atoms with Gasteiger partial charge in [-0.2, -0.15) is 0 Å². The summed E-state index contributed by atoms with van der Waals surface area (Å²) in [6, 6.07) is 0. The number of rotatable bonds is 29. The second kappa shape index (κ2) is 39.3. The maximum atomic E-state index is 13.2. The SMILES string of the molecule is O=C(O[O-])C1CCCO1.O=C1C=CC(=O)N1CCCN1C(=O)C=CC1=O.O=C1C=CC(=O)N1CCCN1C(=O)CC(OCC(COC2CC(=O)N(CCCN3C(=O)C=CC3=O)C2=O)COC2CC(=O)N(CCCN3C(=O)C=CC3=O)C2=O)C1=O.OCC(CO)CO.[H-].[K+].[K+]. The number of imide groups is 8. The molecule has 0 aliphatic carbocycles. The molecule has 9 heterocycles. The summed E-state index contributed by atoms with van der Waals surface area (Å²) >= 11 is 0. The van der Waals surface area contributed by atoms with Crippen LogP contribution in [0.25, 0.3) is 0 Å². The van der Waals surface area contributed by atoms with Gasteiger partial charge in [0.15, 0.2) is 6.10 Å². The van der Waals surface area contributed by atoms with Crippen molar-refractivity contribution in [2.75, 3.05) is 98.6 Å². The van der Waals surface area contributed by atoms with Crippen molar-refractivity contribution < 1.29 is 230 Å². The summed E-state index contributed by atoms with van der Waals surface area (Å²) in [6.45, 7) is -0.548. The van der Waals surface area contributed by atoms with Crippen molar-refractivity contribution in [3.05, 3.63) is 60.8 Å². The zero-order valence-electron chi connectivity index (χ0n) is 52.0. The van der Waals surface area contributed by atoms with Crippen LogP contribution in [0.2, 0.25) is 0 Å². The average molecular weight is 1360 g/mol. The van der Waals surface area contributed by atoms with Gasteiger partial charge in [0.1, 0.15) is 18.3 Å². The summed E-state index contributed by atoms with van der Waals surface area (Å²) in [5.74, 6) is -9.89. The Kier molecular flexibility index (Phi) is 33.7. The molecular weight excluding hydrogens is 1290 g/mol. The molecule has 4 unspecified atom stereocenters. The van der Waals surface area contributed by atoms with Crippen molar-refractivity contribution in [1.82, 2.24) is 39.2 Å². The van der Waals surface area contributed by atoms with Crippen LogP contribution in [0.5, 0.6) is 0 Å². The minimum Gasteiger partial charge on any atom is -1.00 e. The van der Waals surface area contributed by atoms with Gasteiger partial charge in [-0.3, -0.25) is 116 Å². The van der Waals surface area contributed by atoms with Gasteiger partial charge in [-0.05, 0) is 38.5 Å². The molecule has 3 N–H and O–H groups in total. The van der Waals surface area contributed by atoms with Gasteiger partial charge in [0.05, 0.1) is 58.9 Å². The quantitative estimate of drug-likeness (QED) is 0.0271. The Bertz CT molecular complexity index is 2710. The first-order valence-corrected chi connectivity index (χ1v) is 28.8. The first-order chi connectivity index (χ1) is 43.5. The predicted octanol–water partition coefficient (Wildman–Crippen LogP) is -12.1. The van der Waals surface area contributed by atoms with E-state index in [9.17, 15) is 86.8 Å². The standard InChI is InChI=1S/C37H40N6O15.C11H10N2O4.C5H8O4.C4H10O3.2K.H/c44-26-4-5-27(45)38(26)10-1-13-41-32(50)16-23(35(41)53)56-19-22(20-57-24-17-33(51)42(36(24)54)14-2-11-39-28(46)6-7-29(39)47)21-58-25-18-34(52)43(37(25)55)15-3-12-40-30(48)8-9-31(40)49;14-8-2-3-9(15)12(8)6-1-7-13-10(16)4-5-11(13)17;6-5(9-7)4-2-1-3-8-4;5-1-4(2-6)3-7;;;/h4-9,22-25H,1-3,10-21H2;2-5H,1,6-7H2;4,7H,1-3H2;4-7H,1-3H2;;;/q;;;;2*+1;-1/p-1. The molecule has 9 aliphatic rings.